The highest BCUT2D eigenvalue weighted by molar-refractivity contribution is 6.04. The van der Waals surface area contributed by atoms with Gasteiger partial charge in [-0.3, -0.25) is 9.59 Å². The Morgan fingerprint density at radius 2 is 1.71 bits per heavy atom. The van der Waals surface area contributed by atoms with Gasteiger partial charge in [0, 0.05) is 5.56 Å². The van der Waals surface area contributed by atoms with Gasteiger partial charge in [-0.05, 0) is 48.4 Å². The van der Waals surface area contributed by atoms with E-state index < -0.39 is 0 Å². The number of aromatic nitrogens is 1. The van der Waals surface area contributed by atoms with Gasteiger partial charge in [0.25, 0.3) is 5.91 Å². The molecule has 6 heteroatoms. The lowest BCUT2D eigenvalue weighted by molar-refractivity contribution is -0.115. The molecular formula is C22H21N3O3. The lowest BCUT2D eigenvalue weighted by Gasteiger charge is -2.11. The van der Waals surface area contributed by atoms with Crippen molar-refractivity contribution in [3.05, 3.63) is 83.6 Å². The molecule has 3 aromatic rings. The molecule has 28 heavy (non-hydrogen) atoms. The van der Waals surface area contributed by atoms with Crippen molar-refractivity contribution in [3.8, 4) is 5.75 Å². The molecule has 0 radical (unpaired) electrons. The average Bonchev–Trinajstić information content (AvgIpc) is 2.71. The standard InChI is InChI=1S/C22H21N3O3/c1-15-12-20(25-22(27)17-8-10-18(28-2)11-9-17)23-14-19(15)24-21(26)13-16-6-4-3-5-7-16/h3-12,14H,13H2,1-2H3,(H,24,26)(H,23,25,27). The van der Waals surface area contributed by atoms with Crippen LogP contribution < -0.4 is 15.4 Å². The zero-order valence-electron chi connectivity index (χ0n) is 15.7. The van der Waals surface area contributed by atoms with Crippen LogP contribution in [0.15, 0.2) is 66.9 Å². The number of ether oxygens (including phenoxy) is 1. The summed E-state index contributed by atoms with van der Waals surface area (Å²) in [6.07, 6.45) is 1.83. The third kappa shape index (κ3) is 4.94. The first-order valence-corrected chi connectivity index (χ1v) is 8.81. The van der Waals surface area contributed by atoms with Crippen molar-refractivity contribution in [2.24, 2.45) is 0 Å². The van der Waals surface area contributed by atoms with Crippen LogP contribution in [0.1, 0.15) is 21.5 Å². The molecular weight excluding hydrogens is 354 g/mol. The molecule has 0 bridgehead atoms. The molecule has 3 rings (SSSR count). The van der Waals surface area contributed by atoms with Crippen molar-refractivity contribution in [1.29, 1.82) is 0 Å². The molecule has 0 atom stereocenters. The molecule has 1 heterocycles. The highest BCUT2D eigenvalue weighted by Crippen LogP contribution is 2.18. The predicted octanol–water partition coefficient (Wildman–Crippen LogP) is 3.83. The van der Waals surface area contributed by atoms with Crippen molar-refractivity contribution in [2.75, 3.05) is 17.7 Å². The summed E-state index contributed by atoms with van der Waals surface area (Å²) in [7, 11) is 1.57. The molecule has 0 saturated heterocycles. The number of carbonyl (C=O) groups excluding carboxylic acids is 2. The number of hydrogen-bond acceptors (Lipinski definition) is 4. The summed E-state index contributed by atoms with van der Waals surface area (Å²) in [4.78, 5) is 28.8. The second-order valence-electron chi connectivity index (χ2n) is 6.28. The van der Waals surface area contributed by atoms with Crippen molar-refractivity contribution >= 4 is 23.3 Å². The van der Waals surface area contributed by atoms with Crippen LogP contribution in [0.3, 0.4) is 0 Å². The van der Waals surface area contributed by atoms with Crippen LogP contribution in [0.2, 0.25) is 0 Å². The number of aryl methyl sites for hydroxylation is 1. The first-order chi connectivity index (χ1) is 13.5. The number of nitrogens with zero attached hydrogens (tertiary/aromatic N) is 1. The number of benzene rings is 2. The largest absolute Gasteiger partial charge is 0.497 e. The van der Waals surface area contributed by atoms with E-state index in [9.17, 15) is 9.59 Å². The minimum absolute atomic E-state index is 0.119. The fourth-order valence-corrected chi connectivity index (χ4v) is 2.66. The van der Waals surface area contributed by atoms with Crippen molar-refractivity contribution in [1.82, 2.24) is 4.98 Å². The summed E-state index contributed by atoms with van der Waals surface area (Å²) in [5.41, 5.74) is 2.86. The van der Waals surface area contributed by atoms with Crippen LogP contribution >= 0.6 is 0 Å². The highest BCUT2D eigenvalue weighted by atomic mass is 16.5. The van der Waals surface area contributed by atoms with E-state index in [1.54, 1.807) is 43.6 Å². The molecule has 0 aliphatic rings. The summed E-state index contributed by atoms with van der Waals surface area (Å²) in [6.45, 7) is 1.85. The first-order valence-electron chi connectivity index (χ1n) is 8.81. The number of amides is 2. The Labute approximate surface area is 163 Å². The van der Waals surface area contributed by atoms with Gasteiger partial charge < -0.3 is 15.4 Å². The van der Waals surface area contributed by atoms with Gasteiger partial charge in [0.15, 0.2) is 0 Å². The smallest absolute Gasteiger partial charge is 0.256 e. The zero-order valence-corrected chi connectivity index (χ0v) is 15.7. The van der Waals surface area contributed by atoms with Gasteiger partial charge >= 0.3 is 0 Å². The van der Waals surface area contributed by atoms with E-state index in [1.165, 1.54) is 0 Å². The zero-order chi connectivity index (χ0) is 19.9. The van der Waals surface area contributed by atoms with Gasteiger partial charge in [0.1, 0.15) is 11.6 Å². The molecule has 2 N–H and O–H groups in total. The van der Waals surface area contributed by atoms with Gasteiger partial charge in [-0.15, -0.1) is 0 Å². The number of carbonyl (C=O) groups is 2. The Hall–Kier alpha value is -3.67. The van der Waals surface area contributed by atoms with Crippen LogP contribution in [-0.2, 0) is 11.2 Å². The van der Waals surface area contributed by atoms with E-state index in [4.69, 9.17) is 4.74 Å². The van der Waals surface area contributed by atoms with E-state index in [-0.39, 0.29) is 18.2 Å². The number of hydrogen-bond donors (Lipinski definition) is 2. The van der Waals surface area contributed by atoms with E-state index >= 15 is 0 Å². The average molecular weight is 375 g/mol. The number of pyridine rings is 1. The minimum atomic E-state index is -0.268. The molecule has 0 unspecified atom stereocenters. The topological polar surface area (TPSA) is 80.3 Å². The summed E-state index contributed by atoms with van der Waals surface area (Å²) >= 11 is 0. The van der Waals surface area contributed by atoms with Crippen LogP contribution in [0, 0.1) is 6.92 Å². The first kappa shape index (κ1) is 19.1. The monoisotopic (exact) mass is 375 g/mol. The Morgan fingerprint density at radius 3 is 2.36 bits per heavy atom. The maximum absolute atomic E-state index is 12.3. The fraction of sp³-hybridized carbons (Fsp3) is 0.136. The van der Waals surface area contributed by atoms with Crippen LogP contribution in [0.4, 0.5) is 11.5 Å². The Balaban J connectivity index is 1.63. The SMILES string of the molecule is COc1ccc(C(=O)Nc2cc(C)c(NC(=O)Cc3ccccc3)cn2)cc1. The maximum atomic E-state index is 12.3. The van der Waals surface area contributed by atoms with E-state index in [2.05, 4.69) is 15.6 Å². The second-order valence-corrected chi connectivity index (χ2v) is 6.28. The third-order valence-electron chi connectivity index (χ3n) is 4.19. The normalized spacial score (nSPS) is 10.2. The van der Waals surface area contributed by atoms with Crippen molar-refractivity contribution < 1.29 is 14.3 Å². The summed E-state index contributed by atoms with van der Waals surface area (Å²) < 4.78 is 5.09. The van der Waals surface area contributed by atoms with Gasteiger partial charge in [0.05, 0.1) is 25.4 Å². The number of anilines is 2. The van der Waals surface area contributed by atoms with Crippen molar-refractivity contribution in [2.45, 2.75) is 13.3 Å². The van der Waals surface area contributed by atoms with Crippen LogP contribution in [0.5, 0.6) is 5.75 Å². The minimum Gasteiger partial charge on any atom is -0.497 e. The molecule has 2 aromatic carbocycles. The predicted molar refractivity (Wildman–Crippen MR) is 109 cm³/mol. The number of nitrogens with one attached hydrogen (secondary N) is 2. The van der Waals surface area contributed by atoms with Crippen LogP contribution in [0.25, 0.3) is 0 Å². The molecule has 0 aliphatic carbocycles. The summed E-state index contributed by atoms with van der Waals surface area (Å²) in [5, 5.41) is 5.61. The van der Waals surface area contributed by atoms with Gasteiger partial charge in [-0.1, -0.05) is 30.3 Å². The van der Waals surface area contributed by atoms with Crippen molar-refractivity contribution in [3.63, 3.8) is 0 Å². The van der Waals surface area contributed by atoms with E-state index in [0.717, 1.165) is 11.1 Å². The molecule has 1 aromatic heterocycles. The van der Waals surface area contributed by atoms with Gasteiger partial charge in [-0.25, -0.2) is 4.98 Å². The maximum Gasteiger partial charge on any atom is 0.256 e. The number of rotatable bonds is 6. The second kappa shape index (κ2) is 8.81. The summed E-state index contributed by atoms with van der Waals surface area (Å²) in [5.74, 6) is 0.710. The van der Waals surface area contributed by atoms with Gasteiger partial charge in [0.2, 0.25) is 5.91 Å². The van der Waals surface area contributed by atoms with E-state index in [0.29, 0.717) is 22.8 Å². The van der Waals surface area contributed by atoms with Gasteiger partial charge in [-0.2, -0.15) is 0 Å². The van der Waals surface area contributed by atoms with Crippen LogP contribution in [-0.4, -0.2) is 23.9 Å². The molecule has 0 fully saturated rings. The molecule has 0 aliphatic heterocycles. The third-order valence-corrected chi connectivity index (χ3v) is 4.19. The quantitative estimate of drug-likeness (QED) is 0.686. The molecule has 0 spiro atoms. The molecule has 0 saturated carbocycles. The lowest BCUT2D eigenvalue weighted by atomic mass is 10.1. The molecule has 6 nitrogen and oxygen atoms in total. The highest BCUT2D eigenvalue weighted by Gasteiger charge is 2.10. The van der Waals surface area contributed by atoms with E-state index in [1.807, 2.05) is 37.3 Å². The Bertz CT molecular complexity index is 970. The number of methoxy groups -OCH3 is 1. The molecule has 142 valence electrons. The lowest BCUT2D eigenvalue weighted by Crippen LogP contribution is -2.16. The Kier molecular flexibility index (Phi) is 6.01. The molecule has 2 amide bonds. The fourth-order valence-electron chi connectivity index (χ4n) is 2.66. The Morgan fingerprint density at radius 1 is 1.00 bits per heavy atom. The summed E-state index contributed by atoms with van der Waals surface area (Å²) in [6, 6.07) is 18.0.